The number of sulfonamides is 1. The third-order valence-electron chi connectivity index (χ3n) is 5.80. The Hall–Kier alpha value is -1.15. The molecule has 2 aliphatic rings. The van der Waals surface area contributed by atoms with Crippen molar-refractivity contribution in [2.45, 2.75) is 76.1 Å². The molecule has 0 spiro atoms. The van der Waals surface area contributed by atoms with E-state index in [1.807, 2.05) is 13.0 Å². The molecule has 0 unspecified atom stereocenters. The molecule has 1 aliphatic carbocycles. The third kappa shape index (κ3) is 5.92. The average molecular weight is 411 g/mol. The van der Waals surface area contributed by atoms with Crippen molar-refractivity contribution in [3.8, 4) is 5.75 Å². The first-order valence-corrected chi connectivity index (χ1v) is 12.3. The molecule has 1 aromatic carbocycles. The van der Waals surface area contributed by atoms with Crippen molar-refractivity contribution < 1.29 is 17.9 Å². The second-order valence-electron chi connectivity index (χ2n) is 8.18. The van der Waals surface area contributed by atoms with Gasteiger partial charge in [0.05, 0.1) is 25.6 Å². The highest BCUT2D eigenvalue weighted by molar-refractivity contribution is 7.88. The largest absolute Gasteiger partial charge is 0.494 e. The van der Waals surface area contributed by atoms with Crippen LogP contribution in [0.5, 0.6) is 5.75 Å². The summed E-state index contributed by atoms with van der Waals surface area (Å²) < 4.78 is 37.9. The predicted octanol–water partition coefficient (Wildman–Crippen LogP) is 2.80. The van der Waals surface area contributed by atoms with Crippen LogP contribution in [0.2, 0.25) is 0 Å². The molecule has 3 atom stereocenters. The van der Waals surface area contributed by atoms with Gasteiger partial charge in [0.1, 0.15) is 5.75 Å². The van der Waals surface area contributed by atoms with E-state index in [0.717, 1.165) is 37.9 Å². The van der Waals surface area contributed by atoms with Crippen molar-refractivity contribution in [2.75, 3.05) is 19.5 Å². The molecule has 2 fully saturated rings. The summed E-state index contributed by atoms with van der Waals surface area (Å²) in [7, 11) is -3.21. The molecule has 7 heteroatoms. The maximum atomic E-state index is 11.6. The monoisotopic (exact) mass is 410 g/mol. The summed E-state index contributed by atoms with van der Waals surface area (Å²) in [6.07, 6.45) is 6.49. The fraction of sp³-hybridized carbons (Fsp3) is 0.714. The number of benzene rings is 1. The summed E-state index contributed by atoms with van der Waals surface area (Å²) in [5.41, 5.74) is 1.31. The Morgan fingerprint density at radius 3 is 2.57 bits per heavy atom. The van der Waals surface area contributed by atoms with Crippen LogP contribution >= 0.6 is 0 Å². The van der Waals surface area contributed by atoms with Crippen molar-refractivity contribution in [1.82, 2.24) is 10.0 Å². The Morgan fingerprint density at radius 1 is 1.18 bits per heavy atom. The quantitative estimate of drug-likeness (QED) is 0.689. The fourth-order valence-corrected chi connectivity index (χ4v) is 5.36. The first-order valence-electron chi connectivity index (χ1n) is 10.4. The molecular formula is C21H34N2O4S. The molecule has 3 rings (SSSR count). The van der Waals surface area contributed by atoms with Gasteiger partial charge in [0.25, 0.3) is 0 Å². The highest BCUT2D eigenvalue weighted by atomic mass is 32.2. The fourth-order valence-electron chi connectivity index (χ4n) is 4.55. The molecule has 0 amide bonds. The SMILES string of the molecule is CCOc1ccccc1[C@H]1CC[C@@H](OC[C@@H]2N[C@@H](C)C[C@@H]2NS(C)(=O)=O)CC1. The van der Waals surface area contributed by atoms with Crippen LogP contribution in [0.25, 0.3) is 0 Å². The van der Waals surface area contributed by atoms with E-state index >= 15 is 0 Å². The summed E-state index contributed by atoms with van der Waals surface area (Å²) in [4.78, 5) is 0. The maximum absolute atomic E-state index is 11.6. The van der Waals surface area contributed by atoms with E-state index in [2.05, 4.69) is 35.2 Å². The summed E-state index contributed by atoms with van der Waals surface area (Å²) in [6, 6.07) is 8.58. The van der Waals surface area contributed by atoms with Gasteiger partial charge in [-0.2, -0.15) is 0 Å². The first-order chi connectivity index (χ1) is 13.4. The van der Waals surface area contributed by atoms with Crippen LogP contribution in [-0.4, -0.2) is 52.1 Å². The lowest BCUT2D eigenvalue weighted by atomic mass is 9.82. The molecule has 0 bridgehead atoms. The van der Waals surface area contributed by atoms with Crippen LogP contribution in [0.1, 0.15) is 57.4 Å². The molecule has 2 N–H and O–H groups in total. The lowest BCUT2D eigenvalue weighted by molar-refractivity contribution is 0.0121. The molecular weight excluding hydrogens is 376 g/mol. The van der Waals surface area contributed by atoms with E-state index in [1.54, 1.807) is 0 Å². The number of nitrogens with one attached hydrogen (secondary N) is 2. The Kier molecular flexibility index (Phi) is 7.36. The van der Waals surface area contributed by atoms with Crippen LogP contribution in [0.3, 0.4) is 0 Å². The van der Waals surface area contributed by atoms with Gasteiger partial charge in [0, 0.05) is 18.1 Å². The molecule has 28 heavy (non-hydrogen) atoms. The van der Waals surface area contributed by atoms with Gasteiger partial charge in [0.2, 0.25) is 10.0 Å². The average Bonchev–Trinajstić information content (AvgIpc) is 2.98. The summed E-state index contributed by atoms with van der Waals surface area (Å²) in [5.74, 6) is 1.53. The maximum Gasteiger partial charge on any atom is 0.209 e. The zero-order valence-corrected chi connectivity index (χ0v) is 18.0. The topological polar surface area (TPSA) is 76.7 Å². The molecule has 1 aromatic rings. The van der Waals surface area contributed by atoms with Crippen LogP contribution in [0.15, 0.2) is 24.3 Å². The Labute approximate surface area is 169 Å². The minimum atomic E-state index is -3.21. The highest BCUT2D eigenvalue weighted by Gasteiger charge is 2.34. The lowest BCUT2D eigenvalue weighted by Crippen LogP contribution is -2.46. The van der Waals surface area contributed by atoms with E-state index in [9.17, 15) is 8.42 Å². The molecule has 0 aromatic heterocycles. The minimum absolute atomic E-state index is 0.0288. The molecule has 158 valence electrons. The Balaban J connectivity index is 1.49. The second kappa shape index (κ2) is 9.57. The zero-order valence-electron chi connectivity index (χ0n) is 17.2. The van der Waals surface area contributed by atoms with E-state index in [0.29, 0.717) is 25.2 Å². The zero-order chi connectivity index (χ0) is 20.1. The van der Waals surface area contributed by atoms with Gasteiger partial charge in [-0.05, 0) is 63.5 Å². The number of ether oxygens (including phenoxy) is 2. The van der Waals surface area contributed by atoms with Gasteiger partial charge in [-0.3, -0.25) is 0 Å². The summed E-state index contributed by atoms with van der Waals surface area (Å²) in [6.45, 7) is 5.33. The smallest absolute Gasteiger partial charge is 0.209 e. The van der Waals surface area contributed by atoms with E-state index in [4.69, 9.17) is 9.47 Å². The molecule has 1 aliphatic heterocycles. The van der Waals surface area contributed by atoms with Crippen molar-refractivity contribution >= 4 is 10.0 Å². The van der Waals surface area contributed by atoms with Gasteiger partial charge in [-0.15, -0.1) is 0 Å². The summed E-state index contributed by atoms with van der Waals surface area (Å²) >= 11 is 0. The third-order valence-corrected chi connectivity index (χ3v) is 6.53. The Bertz CT molecular complexity index is 732. The normalized spacial score (nSPS) is 31.0. The number of hydrogen-bond donors (Lipinski definition) is 2. The Morgan fingerprint density at radius 2 is 1.89 bits per heavy atom. The number of para-hydroxylation sites is 1. The standard InChI is InChI=1S/C21H34N2O4S/c1-4-26-21-8-6-5-7-18(21)16-9-11-17(12-10-16)27-14-20-19(13-15(2)22-20)23-28(3,24)25/h5-8,15-17,19-20,22-23H,4,9-14H2,1-3H3/t15-,16-,17+,19-,20-/m0/s1. The van der Waals surface area contributed by atoms with Crippen LogP contribution in [-0.2, 0) is 14.8 Å². The van der Waals surface area contributed by atoms with Crippen LogP contribution < -0.4 is 14.8 Å². The van der Waals surface area contributed by atoms with Crippen molar-refractivity contribution in [1.29, 1.82) is 0 Å². The van der Waals surface area contributed by atoms with Gasteiger partial charge in [0.15, 0.2) is 0 Å². The minimum Gasteiger partial charge on any atom is -0.494 e. The van der Waals surface area contributed by atoms with E-state index in [-0.39, 0.29) is 18.2 Å². The number of hydrogen-bond acceptors (Lipinski definition) is 5. The molecule has 1 heterocycles. The van der Waals surface area contributed by atoms with E-state index < -0.39 is 10.0 Å². The van der Waals surface area contributed by atoms with Crippen molar-refractivity contribution in [3.05, 3.63) is 29.8 Å². The predicted molar refractivity (Wildman–Crippen MR) is 111 cm³/mol. The lowest BCUT2D eigenvalue weighted by Gasteiger charge is -2.31. The molecule has 1 saturated carbocycles. The van der Waals surface area contributed by atoms with Gasteiger partial charge in [-0.25, -0.2) is 13.1 Å². The highest BCUT2D eigenvalue weighted by Crippen LogP contribution is 2.38. The summed E-state index contributed by atoms with van der Waals surface area (Å²) in [5, 5.41) is 3.45. The van der Waals surface area contributed by atoms with Gasteiger partial charge >= 0.3 is 0 Å². The van der Waals surface area contributed by atoms with Crippen LogP contribution in [0, 0.1) is 0 Å². The van der Waals surface area contributed by atoms with Gasteiger partial charge in [-0.1, -0.05) is 18.2 Å². The second-order valence-corrected chi connectivity index (χ2v) is 9.96. The van der Waals surface area contributed by atoms with Crippen molar-refractivity contribution in [3.63, 3.8) is 0 Å². The molecule has 0 radical (unpaired) electrons. The van der Waals surface area contributed by atoms with Gasteiger partial charge < -0.3 is 14.8 Å². The van der Waals surface area contributed by atoms with Crippen molar-refractivity contribution in [2.24, 2.45) is 0 Å². The van der Waals surface area contributed by atoms with Crippen LogP contribution in [0.4, 0.5) is 0 Å². The first kappa shape index (κ1) is 21.6. The van der Waals surface area contributed by atoms with E-state index in [1.165, 1.54) is 11.8 Å². The molecule has 1 saturated heterocycles. The number of rotatable bonds is 8. The molecule has 6 nitrogen and oxygen atoms in total.